The molecule has 126 valence electrons. The molecular formula is C18H25NO4. The molecule has 0 radical (unpaired) electrons. The second-order valence-electron chi connectivity index (χ2n) is 6.66. The van der Waals surface area contributed by atoms with Crippen molar-refractivity contribution in [3.05, 3.63) is 29.3 Å². The number of hydrogen-bond acceptors (Lipinski definition) is 4. The molecule has 0 saturated carbocycles. The van der Waals surface area contributed by atoms with E-state index in [1.807, 2.05) is 0 Å². The van der Waals surface area contributed by atoms with Crippen LogP contribution in [0.25, 0.3) is 0 Å². The van der Waals surface area contributed by atoms with E-state index in [1.54, 1.807) is 44.1 Å². The van der Waals surface area contributed by atoms with Crippen LogP contribution >= 0.6 is 0 Å². The lowest BCUT2D eigenvalue weighted by Gasteiger charge is -2.34. The Morgan fingerprint density at radius 1 is 1.39 bits per heavy atom. The van der Waals surface area contributed by atoms with Crippen LogP contribution < -0.4 is 4.74 Å². The largest absolute Gasteiger partial charge is 0.496 e. The second-order valence-corrected chi connectivity index (χ2v) is 6.66. The van der Waals surface area contributed by atoms with Crippen LogP contribution in [0.2, 0.25) is 0 Å². The van der Waals surface area contributed by atoms with Crippen molar-refractivity contribution >= 4 is 11.7 Å². The number of methoxy groups -OCH3 is 1. The highest BCUT2D eigenvalue weighted by Gasteiger charge is 2.38. The van der Waals surface area contributed by atoms with Crippen LogP contribution in [-0.2, 0) is 11.2 Å². The normalized spacial score (nSPS) is 18.1. The van der Waals surface area contributed by atoms with E-state index in [0.717, 1.165) is 12.8 Å². The number of amides is 1. The summed E-state index contributed by atoms with van der Waals surface area (Å²) in [5, 5.41) is 10.3. The topological polar surface area (TPSA) is 66.8 Å². The Hall–Kier alpha value is -1.88. The number of likely N-dealkylation sites (tertiary alicyclic amines) is 1. The van der Waals surface area contributed by atoms with Gasteiger partial charge in [-0.15, -0.1) is 0 Å². The summed E-state index contributed by atoms with van der Waals surface area (Å²) in [7, 11) is 1.55. The van der Waals surface area contributed by atoms with Crippen LogP contribution in [0.1, 0.15) is 49.5 Å². The monoisotopic (exact) mass is 319 g/mol. The lowest BCUT2D eigenvalue weighted by molar-refractivity contribution is -0.135. The van der Waals surface area contributed by atoms with Crippen molar-refractivity contribution in [3.63, 3.8) is 0 Å². The fraction of sp³-hybridized carbons (Fsp3) is 0.556. The molecular weight excluding hydrogens is 294 g/mol. The third kappa shape index (κ3) is 3.91. The fourth-order valence-corrected chi connectivity index (χ4v) is 3.20. The summed E-state index contributed by atoms with van der Waals surface area (Å²) in [6.07, 6.45) is 1.86. The summed E-state index contributed by atoms with van der Waals surface area (Å²) in [5.41, 5.74) is 0.345. The van der Waals surface area contributed by atoms with Crippen molar-refractivity contribution in [2.75, 3.05) is 13.7 Å². The van der Waals surface area contributed by atoms with Crippen molar-refractivity contribution in [1.29, 1.82) is 0 Å². The number of benzene rings is 1. The molecule has 23 heavy (non-hydrogen) atoms. The van der Waals surface area contributed by atoms with E-state index in [9.17, 15) is 14.7 Å². The maximum Gasteiger partial charge on any atom is 0.227 e. The molecule has 5 heteroatoms. The van der Waals surface area contributed by atoms with Crippen LogP contribution in [0.5, 0.6) is 5.75 Å². The first kappa shape index (κ1) is 17.5. The van der Waals surface area contributed by atoms with Crippen LogP contribution in [0.15, 0.2) is 18.2 Å². The van der Waals surface area contributed by atoms with Gasteiger partial charge in [0.1, 0.15) is 5.75 Å². The molecule has 0 aromatic heterocycles. The van der Waals surface area contributed by atoms with Crippen molar-refractivity contribution in [1.82, 2.24) is 4.90 Å². The average molecular weight is 319 g/mol. The van der Waals surface area contributed by atoms with Gasteiger partial charge in [0.2, 0.25) is 5.91 Å². The number of hydrogen-bond donors (Lipinski definition) is 1. The number of ether oxygens (including phenoxy) is 1. The van der Waals surface area contributed by atoms with Gasteiger partial charge in [-0.1, -0.05) is 0 Å². The summed E-state index contributed by atoms with van der Waals surface area (Å²) >= 11 is 0. The third-order valence-electron chi connectivity index (χ3n) is 4.42. The minimum atomic E-state index is -0.919. The van der Waals surface area contributed by atoms with Crippen molar-refractivity contribution in [2.45, 2.75) is 51.7 Å². The van der Waals surface area contributed by atoms with E-state index in [2.05, 4.69) is 0 Å². The molecule has 1 saturated heterocycles. The standard InChI is InChI=1S/C18H25NO4/c1-12(20)13-7-8-15(23-4)14(10-13)11-17(21)19-9-5-6-16(19)18(2,3)22/h7-8,10,16,22H,5-6,9,11H2,1-4H3/t16-/m0/s1. The van der Waals surface area contributed by atoms with Crippen molar-refractivity contribution in [2.24, 2.45) is 0 Å². The minimum Gasteiger partial charge on any atom is -0.496 e. The zero-order valence-electron chi connectivity index (χ0n) is 14.3. The SMILES string of the molecule is COc1ccc(C(C)=O)cc1CC(=O)N1CCC[C@H]1C(C)(C)O. The van der Waals surface area contributed by atoms with E-state index in [1.165, 1.54) is 6.92 Å². The molecule has 1 fully saturated rings. The number of carbonyl (C=O) groups is 2. The Morgan fingerprint density at radius 2 is 2.09 bits per heavy atom. The third-order valence-corrected chi connectivity index (χ3v) is 4.42. The number of Topliss-reactive ketones (excluding diaryl/α,β-unsaturated/α-hetero) is 1. The smallest absolute Gasteiger partial charge is 0.227 e. The van der Waals surface area contributed by atoms with Gasteiger partial charge in [-0.2, -0.15) is 0 Å². The number of carbonyl (C=O) groups excluding carboxylic acids is 2. The molecule has 1 aromatic carbocycles. The number of ketones is 1. The van der Waals surface area contributed by atoms with Gasteiger partial charge in [-0.05, 0) is 51.8 Å². The van der Waals surface area contributed by atoms with Crippen molar-refractivity contribution in [3.8, 4) is 5.75 Å². The summed E-state index contributed by atoms with van der Waals surface area (Å²) in [5.74, 6) is 0.507. The summed E-state index contributed by atoms with van der Waals surface area (Å²) in [6.45, 7) is 5.63. The number of rotatable bonds is 5. The first-order chi connectivity index (χ1) is 10.7. The molecule has 0 unspecified atom stereocenters. The van der Waals surface area contributed by atoms with Crippen molar-refractivity contribution < 1.29 is 19.4 Å². The van der Waals surface area contributed by atoms with Crippen LogP contribution in [0.4, 0.5) is 0 Å². The molecule has 0 spiro atoms. The molecule has 1 N–H and O–H groups in total. The molecule has 1 aliphatic rings. The maximum absolute atomic E-state index is 12.7. The molecule has 2 rings (SSSR count). The minimum absolute atomic E-state index is 0.0445. The molecule has 0 aliphatic carbocycles. The second kappa shape index (κ2) is 6.71. The van der Waals surface area contributed by atoms with E-state index >= 15 is 0 Å². The number of nitrogens with zero attached hydrogens (tertiary/aromatic N) is 1. The van der Waals surface area contributed by atoms with Crippen LogP contribution in [0.3, 0.4) is 0 Å². The molecule has 1 heterocycles. The molecule has 1 atom stereocenters. The lowest BCUT2D eigenvalue weighted by Crippen LogP contribution is -2.48. The number of aliphatic hydroxyl groups is 1. The highest BCUT2D eigenvalue weighted by Crippen LogP contribution is 2.28. The highest BCUT2D eigenvalue weighted by molar-refractivity contribution is 5.94. The van der Waals surface area contributed by atoms with Crippen LogP contribution in [0, 0.1) is 0 Å². The van der Waals surface area contributed by atoms with Gasteiger partial charge < -0.3 is 14.7 Å². The predicted molar refractivity (Wildman–Crippen MR) is 87.7 cm³/mol. The van der Waals surface area contributed by atoms with Gasteiger partial charge in [-0.3, -0.25) is 9.59 Å². The Labute approximate surface area is 137 Å². The summed E-state index contributed by atoms with van der Waals surface area (Å²) in [6, 6.07) is 4.97. The van der Waals surface area contributed by atoms with Gasteiger partial charge in [0.25, 0.3) is 0 Å². The van der Waals surface area contributed by atoms with E-state index in [0.29, 0.717) is 23.4 Å². The van der Waals surface area contributed by atoms with Gasteiger partial charge in [0.15, 0.2) is 5.78 Å². The predicted octanol–water partition coefficient (Wildman–Crippen LogP) is 2.20. The first-order valence-corrected chi connectivity index (χ1v) is 7.93. The Bertz CT molecular complexity index is 604. The van der Waals surface area contributed by atoms with Gasteiger partial charge in [-0.25, -0.2) is 0 Å². The average Bonchev–Trinajstić information content (AvgIpc) is 2.96. The molecule has 1 aromatic rings. The Balaban J connectivity index is 2.22. The molecule has 1 aliphatic heterocycles. The van der Waals surface area contributed by atoms with Gasteiger partial charge in [0, 0.05) is 17.7 Å². The van der Waals surface area contributed by atoms with E-state index in [-0.39, 0.29) is 24.2 Å². The van der Waals surface area contributed by atoms with E-state index in [4.69, 9.17) is 4.74 Å². The van der Waals surface area contributed by atoms with Crippen LogP contribution in [-0.4, -0.2) is 47.0 Å². The zero-order valence-corrected chi connectivity index (χ0v) is 14.3. The Kier molecular flexibility index (Phi) is 5.09. The summed E-state index contributed by atoms with van der Waals surface area (Å²) < 4.78 is 5.31. The summed E-state index contributed by atoms with van der Waals surface area (Å²) in [4.78, 5) is 26.0. The maximum atomic E-state index is 12.7. The highest BCUT2D eigenvalue weighted by atomic mass is 16.5. The molecule has 0 bridgehead atoms. The Morgan fingerprint density at radius 3 is 2.65 bits per heavy atom. The lowest BCUT2D eigenvalue weighted by atomic mass is 9.96. The first-order valence-electron chi connectivity index (χ1n) is 7.93. The van der Waals surface area contributed by atoms with Gasteiger partial charge >= 0.3 is 0 Å². The molecule has 5 nitrogen and oxygen atoms in total. The van der Waals surface area contributed by atoms with Gasteiger partial charge in [0.05, 0.1) is 25.2 Å². The fourth-order valence-electron chi connectivity index (χ4n) is 3.20. The molecule has 1 amide bonds. The zero-order chi connectivity index (χ0) is 17.2. The quantitative estimate of drug-likeness (QED) is 0.845. The van der Waals surface area contributed by atoms with E-state index < -0.39 is 5.60 Å².